The lowest BCUT2D eigenvalue weighted by molar-refractivity contribution is 0.0730. The van der Waals surface area contributed by atoms with E-state index in [2.05, 4.69) is 10.0 Å². The lowest BCUT2D eigenvalue weighted by Gasteiger charge is -2.26. The van der Waals surface area contributed by atoms with Crippen LogP contribution in [0, 0.1) is 0 Å². The van der Waals surface area contributed by atoms with E-state index in [1.807, 2.05) is 17.5 Å². The lowest BCUT2D eigenvalue weighted by atomic mass is 10.2. The predicted molar refractivity (Wildman–Crippen MR) is 118 cm³/mol. The fraction of sp³-hybridized carbons (Fsp3) is 0.421. The van der Waals surface area contributed by atoms with Gasteiger partial charge in [-0.25, -0.2) is 21.6 Å². The van der Waals surface area contributed by atoms with Gasteiger partial charge >= 0.3 is 0 Å². The molecular formula is C19H25N3O6S3. The van der Waals surface area contributed by atoms with Gasteiger partial charge in [0.15, 0.2) is 0 Å². The topological polar surface area (TPSA) is 122 Å². The molecule has 1 saturated heterocycles. The van der Waals surface area contributed by atoms with Gasteiger partial charge in [0, 0.05) is 36.6 Å². The summed E-state index contributed by atoms with van der Waals surface area (Å²) in [6.45, 7) is 1.60. The van der Waals surface area contributed by atoms with Crippen molar-refractivity contribution in [2.45, 2.75) is 11.3 Å². The van der Waals surface area contributed by atoms with Crippen molar-refractivity contribution >= 4 is 37.3 Å². The zero-order chi connectivity index (χ0) is 22.3. The Bertz CT molecular complexity index is 1060. The Morgan fingerprint density at radius 1 is 1.03 bits per heavy atom. The number of nitrogens with zero attached hydrogens (tertiary/aromatic N) is 1. The molecule has 0 bridgehead atoms. The van der Waals surface area contributed by atoms with Gasteiger partial charge < -0.3 is 10.1 Å². The molecule has 170 valence electrons. The van der Waals surface area contributed by atoms with Crippen LogP contribution in [-0.4, -0.2) is 72.2 Å². The largest absolute Gasteiger partial charge is 0.379 e. The molecule has 31 heavy (non-hydrogen) atoms. The van der Waals surface area contributed by atoms with Gasteiger partial charge in [0.25, 0.3) is 5.91 Å². The monoisotopic (exact) mass is 487 g/mol. The number of hydrogen-bond acceptors (Lipinski definition) is 7. The molecular weight excluding hydrogens is 462 g/mol. The molecule has 1 aliphatic heterocycles. The van der Waals surface area contributed by atoms with Gasteiger partial charge in [0.2, 0.25) is 20.0 Å². The highest BCUT2D eigenvalue weighted by atomic mass is 32.2. The summed E-state index contributed by atoms with van der Waals surface area (Å²) in [6.07, 6.45) is 0.602. The van der Waals surface area contributed by atoms with Crippen LogP contribution in [0.4, 0.5) is 0 Å². The number of thiophene rings is 1. The van der Waals surface area contributed by atoms with E-state index in [1.165, 1.54) is 28.6 Å². The van der Waals surface area contributed by atoms with Crippen LogP contribution in [0.5, 0.6) is 0 Å². The molecule has 0 unspecified atom stereocenters. The smallest absolute Gasteiger partial charge is 0.251 e. The quantitative estimate of drug-likeness (QED) is 0.508. The number of amides is 1. The number of sulfonamides is 2. The van der Waals surface area contributed by atoms with Gasteiger partial charge in [-0.1, -0.05) is 6.07 Å². The summed E-state index contributed by atoms with van der Waals surface area (Å²) in [5.41, 5.74) is 0.251. The standard InChI is InChI=1S/C19H25N3O6S3/c23-19(20-9-15-30(24,25)22-10-12-28-13-11-22)16-3-5-18(6-4-16)31(26,27)21-8-7-17-2-1-14-29-17/h1-6,14,21H,7-13,15H2,(H,20,23). The molecule has 0 spiro atoms. The van der Waals surface area contributed by atoms with Crippen molar-refractivity contribution in [3.05, 3.63) is 52.2 Å². The van der Waals surface area contributed by atoms with Crippen molar-refractivity contribution < 1.29 is 26.4 Å². The first kappa shape index (κ1) is 23.8. The average molecular weight is 488 g/mol. The van der Waals surface area contributed by atoms with Gasteiger partial charge in [0.1, 0.15) is 0 Å². The van der Waals surface area contributed by atoms with Crippen molar-refractivity contribution in [1.82, 2.24) is 14.3 Å². The number of ether oxygens (including phenoxy) is 1. The highest BCUT2D eigenvalue weighted by molar-refractivity contribution is 7.89. The Hall–Kier alpha value is -1.83. The zero-order valence-electron chi connectivity index (χ0n) is 16.8. The number of nitrogens with one attached hydrogen (secondary N) is 2. The second-order valence-electron chi connectivity index (χ2n) is 6.83. The number of carbonyl (C=O) groups excluding carboxylic acids is 1. The van der Waals surface area contributed by atoms with E-state index in [1.54, 1.807) is 11.3 Å². The Labute approximate surface area is 186 Å². The fourth-order valence-electron chi connectivity index (χ4n) is 2.98. The Balaban J connectivity index is 1.48. The molecule has 1 fully saturated rings. The van der Waals surface area contributed by atoms with E-state index >= 15 is 0 Å². The Morgan fingerprint density at radius 2 is 1.74 bits per heavy atom. The first-order valence-electron chi connectivity index (χ1n) is 9.74. The van der Waals surface area contributed by atoms with Crippen LogP contribution in [0.2, 0.25) is 0 Å². The molecule has 9 nitrogen and oxygen atoms in total. The second kappa shape index (κ2) is 10.7. The Morgan fingerprint density at radius 3 is 2.39 bits per heavy atom. The van der Waals surface area contributed by atoms with Crippen LogP contribution in [0.3, 0.4) is 0 Å². The van der Waals surface area contributed by atoms with E-state index in [9.17, 15) is 21.6 Å². The maximum Gasteiger partial charge on any atom is 0.251 e. The molecule has 2 N–H and O–H groups in total. The summed E-state index contributed by atoms with van der Waals surface area (Å²) in [6, 6.07) is 9.37. The molecule has 0 aliphatic carbocycles. The molecule has 2 aromatic rings. The molecule has 3 rings (SSSR count). The third-order valence-corrected chi connectivity index (χ3v) is 8.96. The van der Waals surface area contributed by atoms with E-state index < -0.39 is 26.0 Å². The number of rotatable bonds is 10. The fourth-order valence-corrected chi connectivity index (χ4v) is 6.05. The van der Waals surface area contributed by atoms with E-state index in [0.29, 0.717) is 32.7 Å². The number of carbonyl (C=O) groups is 1. The maximum absolute atomic E-state index is 12.4. The second-order valence-corrected chi connectivity index (χ2v) is 11.7. The van der Waals surface area contributed by atoms with Crippen LogP contribution < -0.4 is 10.0 Å². The average Bonchev–Trinajstić information content (AvgIpc) is 3.28. The zero-order valence-corrected chi connectivity index (χ0v) is 19.3. The van der Waals surface area contributed by atoms with E-state index in [-0.39, 0.29) is 29.3 Å². The highest BCUT2D eigenvalue weighted by Gasteiger charge is 2.24. The molecule has 2 heterocycles. The number of benzene rings is 1. The van der Waals surface area contributed by atoms with Gasteiger partial charge in [-0.05, 0) is 42.1 Å². The minimum atomic E-state index is -3.68. The highest BCUT2D eigenvalue weighted by Crippen LogP contribution is 2.12. The van der Waals surface area contributed by atoms with Gasteiger partial charge in [-0.2, -0.15) is 4.31 Å². The van der Waals surface area contributed by atoms with Crippen LogP contribution in [0.1, 0.15) is 15.2 Å². The normalized spacial score (nSPS) is 15.6. The predicted octanol–water partition coefficient (Wildman–Crippen LogP) is 0.661. The summed E-state index contributed by atoms with van der Waals surface area (Å²) < 4.78 is 58.3. The summed E-state index contributed by atoms with van der Waals surface area (Å²) in [7, 11) is -7.14. The van der Waals surface area contributed by atoms with Crippen LogP contribution >= 0.6 is 11.3 Å². The van der Waals surface area contributed by atoms with Gasteiger partial charge in [-0.15, -0.1) is 11.3 Å². The lowest BCUT2D eigenvalue weighted by Crippen LogP contribution is -2.43. The van der Waals surface area contributed by atoms with Crippen molar-refractivity contribution in [1.29, 1.82) is 0 Å². The van der Waals surface area contributed by atoms with Gasteiger partial charge in [0.05, 0.1) is 23.9 Å². The third-order valence-electron chi connectivity index (χ3n) is 4.68. The van der Waals surface area contributed by atoms with E-state index in [0.717, 1.165) is 4.88 Å². The number of hydrogen-bond donors (Lipinski definition) is 2. The van der Waals surface area contributed by atoms with Gasteiger partial charge in [-0.3, -0.25) is 4.79 Å². The molecule has 1 aliphatic rings. The minimum Gasteiger partial charge on any atom is -0.379 e. The van der Waals surface area contributed by atoms with Crippen molar-refractivity contribution in [2.24, 2.45) is 0 Å². The summed E-state index contributed by atoms with van der Waals surface area (Å²) in [4.78, 5) is 13.4. The summed E-state index contributed by atoms with van der Waals surface area (Å²) >= 11 is 1.57. The summed E-state index contributed by atoms with van der Waals surface area (Å²) in [5, 5.41) is 4.50. The first-order chi connectivity index (χ1) is 14.8. The van der Waals surface area contributed by atoms with Crippen LogP contribution in [-0.2, 0) is 31.2 Å². The molecule has 0 atom stereocenters. The summed E-state index contributed by atoms with van der Waals surface area (Å²) in [5.74, 6) is -0.675. The van der Waals surface area contributed by atoms with E-state index in [4.69, 9.17) is 4.74 Å². The Kier molecular flexibility index (Phi) is 8.19. The minimum absolute atomic E-state index is 0.0388. The molecule has 12 heteroatoms. The molecule has 0 saturated carbocycles. The molecule has 1 aromatic carbocycles. The van der Waals surface area contributed by atoms with Crippen molar-refractivity contribution in [3.8, 4) is 0 Å². The van der Waals surface area contributed by atoms with Crippen molar-refractivity contribution in [2.75, 3.05) is 45.1 Å². The molecule has 1 amide bonds. The maximum atomic E-state index is 12.4. The first-order valence-corrected chi connectivity index (χ1v) is 13.7. The third kappa shape index (κ3) is 6.82. The number of morpholine rings is 1. The van der Waals surface area contributed by atoms with Crippen LogP contribution in [0.25, 0.3) is 0 Å². The molecule has 0 radical (unpaired) electrons. The SMILES string of the molecule is O=C(NCCS(=O)(=O)N1CCOCC1)c1ccc(S(=O)(=O)NCCc2cccs2)cc1. The molecule has 1 aromatic heterocycles. The van der Waals surface area contributed by atoms with Crippen molar-refractivity contribution in [3.63, 3.8) is 0 Å². The van der Waals surface area contributed by atoms with Crippen LogP contribution in [0.15, 0.2) is 46.7 Å².